The molecule has 1 aliphatic rings. The third kappa shape index (κ3) is 4.32. The molecule has 1 N–H and O–H groups in total. The molecule has 88 valence electrons. The topological polar surface area (TPSA) is 12.0 Å². The molecule has 0 aromatic carbocycles. The van der Waals surface area contributed by atoms with E-state index in [9.17, 15) is 0 Å². The monoisotopic (exact) mass is 273 g/mol. The van der Waals surface area contributed by atoms with Crippen LogP contribution in [0.15, 0.2) is 34.4 Å². The molecular formula is C12H16ClNS2. The maximum atomic E-state index is 5.76. The van der Waals surface area contributed by atoms with Crippen molar-refractivity contribution in [2.24, 2.45) is 0 Å². The minimum Gasteiger partial charge on any atom is -0.391 e. The van der Waals surface area contributed by atoms with Crippen LogP contribution < -0.4 is 5.32 Å². The van der Waals surface area contributed by atoms with Crippen LogP contribution in [0.4, 0.5) is 0 Å². The molecule has 1 nitrogen and oxygen atoms in total. The van der Waals surface area contributed by atoms with Crippen molar-refractivity contribution in [3.63, 3.8) is 0 Å². The zero-order valence-corrected chi connectivity index (χ0v) is 11.8. The Morgan fingerprint density at radius 1 is 1.69 bits per heavy atom. The normalized spacial score (nSPS) is 18.1. The molecule has 0 atom stereocenters. The van der Waals surface area contributed by atoms with Crippen LogP contribution in [0.3, 0.4) is 0 Å². The second kappa shape index (κ2) is 7.15. The van der Waals surface area contributed by atoms with Gasteiger partial charge < -0.3 is 5.32 Å². The Kier molecular flexibility index (Phi) is 6.17. The van der Waals surface area contributed by atoms with Crippen molar-refractivity contribution >= 4 is 40.8 Å². The number of hydrogen-bond donors (Lipinski definition) is 2. The van der Waals surface area contributed by atoms with Gasteiger partial charge in [0.25, 0.3) is 0 Å². The van der Waals surface area contributed by atoms with Crippen molar-refractivity contribution in [1.29, 1.82) is 0 Å². The fourth-order valence-corrected chi connectivity index (χ4v) is 1.94. The highest BCUT2D eigenvalue weighted by molar-refractivity contribution is 7.85. The lowest BCUT2D eigenvalue weighted by molar-refractivity contribution is 0.732. The number of hydrogen-bond acceptors (Lipinski definition) is 3. The fraction of sp³-hybridized carbons (Fsp3) is 0.417. The molecule has 0 bridgehead atoms. The number of thiocarbonyl (C=S) groups is 1. The quantitative estimate of drug-likeness (QED) is 0.340. The molecule has 0 aliphatic heterocycles. The van der Waals surface area contributed by atoms with E-state index in [0.29, 0.717) is 4.32 Å². The van der Waals surface area contributed by atoms with Crippen LogP contribution in [-0.2, 0) is 0 Å². The Morgan fingerprint density at radius 2 is 2.44 bits per heavy atom. The van der Waals surface area contributed by atoms with Crippen LogP contribution in [0.1, 0.15) is 26.2 Å². The lowest BCUT2D eigenvalue weighted by Gasteiger charge is -2.12. The van der Waals surface area contributed by atoms with Gasteiger partial charge in [-0.3, -0.25) is 0 Å². The Hall–Kier alpha value is -0.250. The molecule has 0 amide bonds. The van der Waals surface area contributed by atoms with E-state index in [1.807, 2.05) is 18.4 Å². The van der Waals surface area contributed by atoms with E-state index in [1.165, 1.54) is 18.4 Å². The van der Waals surface area contributed by atoms with E-state index in [2.05, 4.69) is 24.9 Å². The number of unbranched alkanes of at least 4 members (excludes halogenated alkanes) is 1. The van der Waals surface area contributed by atoms with Gasteiger partial charge in [0.1, 0.15) is 4.32 Å². The highest BCUT2D eigenvalue weighted by Gasteiger charge is 2.09. The summed E-state index contributed by atoms with van der Waals surface area (Å²) < 4.78 is 0.407. The third-order valence-electron chi connectivity index (χ3n) is 2.34. The summed E-state index contributed by atoms with van der Waals surface area (Å²) in [7, 11) is 0. The Morgan fingerprint density at radius 3 is 3.00 bits per heavy atom. The molecule has 0 heterocycles. The van der Waals surface area contributed by atoms with Crippen LogP contribution >= 0.6 is 36.4 Å². The number of allylic oxidation sites excluding steroid dienone is 4. The summed E-state index contributed by atoms with van der Waals surface area (Å²) in [5.41, 5.74) is 2.07. The van der Waals surface area contributed by atoms with Crippen molar-refractivity contribution in [2.45, 2.75) is 26.2 Å². The second-order valence-corrected chi connectivity index (χ2v) is 5.14. The van der Waals surface area contributed by atoms with Crippen molar-refractivity contribution in [2.75, 3.05) is 6.54 Å². The van der Waals surface area contributed by atoms with E-state index in [0.717, 1.165) is 23.4 Å². The zero-order valence-electron chi connectivity index (χ0n) is 9.29. The predicted octanol–water partition coefficient (Wildman–Crippen LogP) is 3.97. The molecule has 0 saturated carbocycles. The molecule has 0 unspecified atom stereocenters. The summed E-state index contributed by atoms with van der Waals surface area (Å²) in [6.45, 7) is 3.18. The molecular weight excluding hydrogens is 258 g/mol. The van der Waals surface area contributed by atoms with Gasteiger partial charge >= 0.3 is 0 Å². The van der Waals surface area contributed by atoms with E-state index in [1.54, 1.807) is 0 Å². The van der Waals surface area contributed by atoms with Crippen LogP contribution in [0.5, 0.6) is 0 Å². The molecule has 16 heavy (non-hydrogen) atoms. The van der Waals surface area contributed by atoms with Gasteiger partial charge in [-0.1, -0.05) is 43.2 Å². The number of nitrogens with one attached hydrogen (secondary N) is 1. The average Bonchev–Trinajstić information content (AvgIpc) is 2.26. The SMILES string of the molecule is CCCCN/C=C1\CC=C(C(=S)Cl)C=C1S. The van der Waals surface area contributed by atoms with Crippen LogP contribution in [-0.4, -0.2) is 10.9 Å². The summed E-state index contributed by atoms with van der Waals surface area (Å²) in [5, 5.41) is 3.28. The van der Waals surface area contributed by atoms with E-state index in [4.69, 9.17) is 23.8 Å². The molecule has 0 saturated heterocycles. The number of rotatable bonds is 5. The van der Waals surface area contributed by atoms with E-state index in [-0.39, 0.29) is 0 Å². The first-order valence-corrected chi connectivity index (χ1v) is 6.62. The summed E-state index contributed by atoms with van der Waals surface area (Å²) in [6.07, 6.45) is 9.18. The van der Waals surface area contributed by atoms with Gasteiger partial charge in [-0.15, -0.1) is 12.6 Å². The zero-order chi connectivity index (χ0) is 12.0. The van der Waals surface area contributed by atoms with Gasteiger partial charge in [-0.05, 0) is 24.5 Å². The second-order valence-electron chi connectivity index (χ2n) is 3.64. The van der Waals surface area contributed by atoms with Gasteiger partial charge in [0.05, 0.1) is 0 Å². The molecule has 0 spiro atoms. The minimum absolute atomic E-state index is 0.407. The van der Waals surface area contributed by atoms with Gasteiger partial charge in [-0.25, -0.2) is 0 Å². The molecule has 0 aromatic heterocycles. The van der Waals surface area contributed by atoms with E-state index < -0.39 is 0 Å². The molecule has 1 aliphatic carbocycles. The Labute approximate surface area is 113 Å². The summed E-state index contributed by atoms with van der Waals surface area (Å²) in [6, 6.07) is 0. The average molecular weight is 274 g/mol. The summed E-state index contributed by atoms with van der Waals surface area (Å²) in [5.74, 6) is 0. The van der Waals surface area contributed by atoms with Crippen molar-refractivity contribution in [3.05, 3.63) is 34.4 Å². The van der Waals surface area contributed by atoms with Gasteiger partial charge in [0.2, 0.25) is 0 Å². The van der Waals surface area contributed by atoms with Gasteiger partial charge in [0, 0.05) is 23.2 Å². The van der Waals surface area contributed by atoms with Gasteiger partial charge in [-0.2, -0.15) is 0 Å². The van der Waals surface area contributed by atoms with Crippen molar-refractivity contribution in [1.82, 2.24) is 5.32 Å². The highest BCUT2D eigenvalue weighted by Crippen LogP contribution is 2.26. The van der Waals surface area contributed by atoms with Crippen molar-refractivity contribution in [3.8, 4) is 0 Å². The lowest BCUT2D eigenvalue weighted by Crippen LogP contribution is -2.09. The summed E-state index contributed by atoms with van der Waals surface area (Å²) in [4.78, 5) is 0.935. The Balaban J connectivity index is 2.55. The molecule has 0 radical (unpaired) electrons. The Bertz CT molecular complexity index is 356. The smallest absolute Gasteiger partial charge is 0.110 e. The standard InChI is InChI=1S/C12H16ClNS2/c1-2-3-6-14-8-10-5-4-9(12(13)16)7-11(10)15/h4,7-8,14-15H,2-3,5-6H2,1H3/b10-8+. The lowest BCUT2D eigenvalue weighted by atomic mass is 10.0. The molecule has 0 aromatic rings. The molecule has 1 rings (SSSR count). The minimum atomic E-state index is 0.407. The van der Waals surface area contributed by atoms with Crippen LogP contribution in [0, 0.1) is 0 Å². The first kappa shape index (κ1) is 13.8. The number of halogens is 1. The van der Waals surface area contributed by atoms with Crippen LogP contribution in [0.25, 0.3) is 0 Å². The largest absolute Gasteiger partial charge is 0.391 e. The molecule has 4 heteroatoms. The van der Waals surface area contributed by atoms with E-state index >= 15 is 0 Å². The summed E-state index contributed by atoms with van der Waals surface area (Å²) >= 11 is 15.1. The first-order chi connectivity index (χ1) is 7.65. The first-order valence-electron chi connectivity index (χ1n) is 5.38. The maximum Gasteiger partial charge on any atom is 0.110 e. The molecule has 0 fully saturated rings. The van der Waals surface area contributed by atoms with Crippen LogP contribution in [0.2, 0.25) is 0 Å². The fourth-order valence-electron chi connectivity index (χ4n) is 1.37. The third-order valence-corrected chi connectivity index (χ3v) is 3.21. The highest BCUT2D eigenvalue weighted by atomic mass is 35.5. The predicted molar refractivity (Wildman–Crippen MR) is 79.2 cm³/mol. The number of thiol groups is 1. The van der Waals surface area contributed by atoms with Gasteiger partial charge in [0.15, 0.2) is 0 Å². The van der Waals surface area contributed by atoms with Crippen molar-refractivity contribution < 1.29 is 0 Å². The maximum absolute atomic E-state index is 5.76.